The first-order valence-electron chi connectivity index (χ1n) is 6.29. The maximum atomic E-state index is 12.7. The molecule has 1 aliphatic rings. The molecule has 2 nitrogen and oxygen atoms in total. The first kappa shape index (κ1) is 12.1. The van der Waals surface area contributed by atoms with Gasteiger partial charge in [0.15, 0.2) is 0 Å². The van der Waals surface area contributed by atoms with E-state index in [1.165, 1.54) is 56.4 Å². The molecule has 0 unspecified atom stereocenters. The predicted molar refractivity (Wildman–Crippen MR) is 65.3 cm³/mol. The molecule has 1 aromatic rings. The molecule has 1 N–H and O–H groups in total. The van der Waals surface area contributed by atoms with Crippen LogP contribution in [0.25, 0.3) is 0 Å². The van der Waals surface area contributed by atoms with Gasteiger partial charge in [-0.2, -0.15) is 0 Å². The molecule has 1 aromatic carbocycles. The Labute approximate surface area is 101 Å². The van der Waals surface area contributed by atoms with Gasteiger partial charge in [0, 0.05) is 12.1 Å². The summed E-state index contributed by atoms with van der Waals surface area (Å²) in [4.78, 5) is 11.8. The molecule has 0 aromatic heterocycles. The van der Waals surface area contributed by atoms with E-state index >= 15 is 0 Å². The Bertz CT molecular complexity index is 368. The van der Waals surface area contributed by atoms with Gasteiger partial charge in [0.05, 0.1) is 0 Å². The Balaban J connectivity index is 1.82. The summed E-state index contributed by atoms with van der Waals surface area (Å²) in [5.74, 6) is 0.206. The number of nitrogens with one attached hydrogen (secondary N) is 1. The van der Waals surface area contributed by atoms with E-state index in [1.807, 2.05) is 0 Å². The summed E-state index contributed by atoms with van der Waals surface area (Å²) in [6.07, 6.45) is 6.30. The standard InChI is InChI=1S/C14H18FNO/c15-13-8-6-12(7-9-13)14(17)16-10-11-4-2-1-3-5-11/h6-9,11H,1-5,10H2,(H,16,17). The van der Waals surface area contributed by atoms with Gasteiger partial charge in [-0.15, -0.1) is 0 Å². The van der Waals surface area contributed by atoms with Crippen LogP contribution in [0.3, 0.4) is 0 Å². The highest BCUT2D eigenvalue weighted by atomic mass is 19.1. The molecule has 17 heavy (non-hydrogen) atoms. The fraction of sp³-hybridized carbons (Fsp3) is 0.500. The summed E-state index contributed by atoms with van der Waals surface area (Å²) in [6, 6.07) is 5.67. The molecule has 1 fully saturated rings. The molecule has 0 heterocycles. The van der Waals surface area contributed by atoms with Crippen LogP contribution in [0.15, 0.2) is 24.3 Å². The highest BCUT2D eigenvalue weighted by Gasteiger charge is 2.14. The number of amides is 1. The largest absolute Gasteiger partial charge is 0.352 e. The molecule has 0 bridgehead atoms. The maximum absolute atomic E-state index is 12.7. The van der Waals surface area contributed by atoms with E-state index < -0.39 is 0 Å². The number of halogens is 1. The predicted octanol–water partition coefficient (Wildman–Crippen LogP) is 3.14. The SMILES string of the molecule is O=C(NCC1CCCCC1)c1ccc(F)cc1. The van der Waals surface area contributed by atoms with Crippen LogP contribution in [-0.4, -0.2) is 12.5 Å². The number of carbonyl (C=O) groups excluding carboxylic acids is 1. The van der Waals surface area contributed by atoms with Gasteiger partial charge < -0.3 is 5.32 Å². The number of rotatable bonds is 3. The normalized spacial score (nSPS) is 16.8. The highest BCUT2D eigenvalue weighted by Crippen LogP contribution is 2.22. The molecule has 0 atom stereocenters. The van der Waals surface area contributed by atoms with Gasteiger partial charge >= 0.3 is 0 Å². The smallest absolute Gasteiger partial charge is 0.251 e. The molecule has 2 rings (SSSR count). The minimum Gasteiger partial charge on any atom is -0.352 e. The average molecular weight is 235 g/mol. The van der Waals surface area contributed by atoms with Crippen molar-refractivity contribution in [2.45, 2.75) is 32.1 Å². The monoisotopic (exact) mass is 235 g/mol. The molecule has 92 valence electrons. The summed E-state index contributed by atoms with van der Waals surface area (Å²) in [6.45, 7) is 0.746. The summed E-state index contributed by atoms with van der Waals surface area (Å²) in [7, 11) is 0. The van der Waals surface area contributed by atoms with Crippen LogP contribution >= 0.6 is 0 Å². The van der Waals surface area contributed by atoms with Crippen molar-refractivity contribution in [1.29, 1.82) is 0 Å². The summed E-state index contributed by atoms with van der Waals surface area (Å²) < 4.78 is 12.7. The van der Waals surface area contributed by atoms with Crippen LogP contribution in [0.1, 0.15) is 42.5 Å². The first-order valence-corrected chi connectivity index (χ1v) is 6.29. The van der Waals surface area contributed by atoms with E-state index in [9.17, 15) is 9.18 Å². The van der Waals surface area contributed by atoms with E-state index in [-0.39, 0.29) is 11.7 Å². The molecule has 1 saturated carbocycles. The Kier molecular flexibility index (Phi) is 4.13. The number of hydrogen-bond acceptors (Lipinski definition) is 1. The number of benzene rings is 1. The van der Waals surface area contributed by atoms with Gasteiger partial charge in [0.2, 0.25) is 0 Å². The van der Waals surface area contributed by atoms with E-state index in [0.29, 0.717) is 11.5 Å². The number of hydrogen-bond donors (Lipinski definition) is 1. The van der Waals surface area contributed by atoms with Crippen molar-refractivity contribution in [2.75, 3.05) is 6.54 Å². The van der Waals surface area contributed by atoms with Gasteiger partial charge in [0.1, 0.15) is 5.82 Å². The van der Waals surface area contributed by atoms with Crippen LogP contribution in [0.5, 0.6) is 0 Å². The fourth-order valence-electron chi connectivity index (χ4n) is 2.33. The topological polar surface area (TPSA) is 29.1 Å². The number of carbonyl (C=O) groups is 1. The molecule has 3 heteroatoms. The van der Waals surface area contributed by atoms with Gasteiger partial charge in [-0.05, 0) is 43.0 Å². The Morgan fingerprint density at radius 3 is 2.47 bits per heavy atom. The summed E-state index contributed by atoms with van der Waals surface area (Å²) >= 11 is 0. The second kappa shape index (κ2) is 5.80. The minimum atomic E-state index is -0.311. The zero-order chi connectivity index (χ0) is 12.1. The van der Waals surface area contributed by atoms with Crippen molar-refractivity contribution in [3.05, 3.63) is 35.6 Å². The van der Waals surface area contributed by atoms with Crippen molar-refractivity contribution >= 4 is 5.91 Å². The van der Waals surface area contributed by atoms with E-state index in [4.69, 9.17) is 0 Å². The molecular weight excluding hydrogens is 217 g/mol. The molecule has 0 radical (unpaired) electrons. The molecule has 0 saturated heterocycles. The van der Waals surface area contributed by atoms with Crippen molar-refractivity contribution in [3.63, 3.8) is 0 Å². The van der Waals surface area contributed by atoms with Crippen molar-refractivity contribution in [3.8, 4) is 0 Å². The lowest BCUT2D eigenvalue weighted by molar-refractivity contribution is 0.0943. The summed E-state index contributed by atoms with van der Waals surface area (Å²) in [5.41, 5.74) is 0.530. The van der Waals surface area contributed by atoms with Gasteiger partial charge in [-0.25, -0.2) is 4.39 Å². The van der Waals surface area contributed by atoms with Gasteiger partial charge in [-0.3, -0.25) is 4.79 Å². The molecule has 0 spiro atoms. The van der Waals surface area contributed by atoms with Crippen molar-refractivity contribution in [1.82, 2.24) is 5.32 Å². The van der Waals surface area contributed by atoms with Crippen LogP contribution in [0, 0.1) is 11.7 Å². The second-order valence-electron chi connectivity index (χ2n) is 4.72. The van der Waals surface area contributed by atoms with Crippen LogP contribution < -0.4 is 5.32 Å². The zero-order valence-corrected chi connectivity index (χ0v) is 9.92. The molecule has 1 amide bonds. The lowest BCUT2D eigenvalue weighted by atomic mass is 9.89. The Morgan fingerprint density at radius 2 is 1.82 bits per heavy atom. The lowest BCUT2D eigenvalue weighted by Crippen LogP contribution is -2.30. The Hall–Kier alpha value is -1.38. The zero-order valence-electron chi connectivity index (χ0n) is 9.92. The third kappa shape index (κ3) is 3.55. The van der Waals surface area contributed by atoms with E-state index in [0.717, 1.165) is 6.54 Å². The first-order chi connectivity index (χ1) is 8.25. The lowest BCUT2D eigenvalue weighted by Gasteiger charge is -2.21. The third-order valence-electron chi connectivity index (χ3n) is 3.38. The van der Waals surface area contributed by atoms with Gasteiger partial charge in [-0.1, -0.05) is 19.3 Å². The maximum Gasteiger partial charge on any atom is 0.251 e. The van der Waals surface area contributed by atoms with Crippen LogP contribution in [0.2, 0.25) is 0 Å². The third-order valence-corrected chi connectivity index (χ3v) is 3.38. The van der Waals surface area contributed by atoms with Crippen LogP contribution in [-0.2, 0) is 0 Å². The van der Waals surface area contributed by atoms with Crippen molar-refractivity contribution in [2.24, 2.45) is 5.92 Å². The van der Waals surface area contributed by atoms with Crippen molar-refractivity contribution < 1.29 is 9.18 Å². The Morgan fingerprint density at radius 1 is 1.18 bits per heavy atom. The molecule has 0 aliphatic heterocycles. The highest BCUT2D eigenvalue weighted by molar-refractivity contribution is 5.94. The summed E-state index contributed by atoms with van der Waals surface area (Å²) in [5, 5.41) is 2.93. The molecule has 1 aliphatic carbocycles. The fourth-order valence-corrected chi connectivity index (χ4v) is 2.33. The van der Waals surface area contributed by atoms with E-state index in [2.05, 4.69) is 5.32 Å². The molecular formula is C14H18FNO. The van der Waals surface area contributed by atoms with Crippen LogP contribution in [0.4, 0.5) is 4.39 Å². The average Bonchev–Trinajstić information content (AvgIpc) is 2.38. The minimum absolute atomic E-state index is 0.101. The van der Waals surface area contributed by atoms with E-state index in [1.54, 1.807) is 0 Å². The quantitative estimate of drug-likeness (QED) is 0.856. The second-order valence-corrected chi connectivity index (χ2v) is 4.72. The van der Waals surface area contributed by atoms with Gasteiger partial charge in [0.25, 0.3) is 5.91 Å².